The van der Waals surface area contributed by atoms with Crippen LogP contribution in [-0.4, -0.2) is 12.4 Å². The summed E-state index contributed by atoms with van der Waals surface area (Å²) in [6, 6.07) is 1.50. The zero-order valence-corrected chi connectivity index (χ0v) is 8.80. The minimum absolute atomic E-state index is 0. The molecule has 0 aliphatic carbocycles. The summed E-state index contributed by atoms with van der Waals surface area (Å²) in [4.78, 5) is 0. The number of rotatable bonds is 0. The van der Waals surface area contributed by atoms with Gasteiger partial charge in [0.1, 0.15) is 0 Å². The standard InChI is InChI=1S/2C2H4N.C2H2N.CH3.Ru/c3*1-2-3;;/h2*2H,1H3;1H2;1H3;/q4*-1;+4. The average molecular weight is 240 g/mol. The first-order valence-corrected chi connectivity index (χ1v) is 2.25. The van der Waals surface area contributed by atoms with Crippen molar-refractivity contribution < 1.29 is 19.5 Å². The Bertz CT molecular complexity index is 80.2. The largest absolute Gasteiger partial charge is 4.00 e. The van der Waals surface area contributed by atoms with Crippen LogP contribution in [0.4, 0.5) is 0 Å². The first kappa shape index (κ1) is 31.7. The number of nitriles is 1. The second-order valence-electron chi connectivity index (χ2n) is 0.675. The molecule has 0 radical (unpaired) electrons. The number of nitrogens with zero attached hydrogens (tertiary/aromatic N) is 3. The van der Waals surface area contributed by atoms with Crippen LogP contribution in [0.3, 0.4) is 0 Å². The summed E-state index contributed by atoms with van der Waals surface area (Å²) in [5.74, 6) is 0. The van der Waals surface area contributed by atoms with Gasteiger partial charge in [0.15, 0.2) is 0 Å². The molecule has 64 valence electrons. The van der Waals surface area contributed by atoms with E-state index in [1.807, 2.05) is 0 Å². The molecular weight excluding hydrogens is 227 g/mol. The molecule has 0 aromatic heterocycles. The molecular formula is C7H13N3Ru. The molecule has 0 amide bonds. The Morgan fingerprint density at radius 3 is 1.27 bits per heavy atom. The molecule has 0 spiro atoms. The molecule has 0 aromatic rings. The van der Waals surface area contributed by atoms with E-state index in [4.69, 9.17) is 16.1 Å². The van der Waals surface area contributed by atoms with E-state index in [0.717, 1.165) is 12.4 Å². The first-order valence-electron chi connectivity index (χ1n) is 2.25. The first-order chi connectivity index (χ1) is 4.24. The van der Waals surface area contributed by atoms with Crippen LogP contribution in [0, 0.1) is 25.7 Å². The molecule has 0 saturated carbocycles. The zero-order chi connectivity index (χ0) is 8.12. The van der Waals surface area contributed by atoms with Crippen LogP contribution in [-0.2, 0) is 19.5 Å². The Kier molecular flexibility index (Phi) is 344. The van der Waals surface area contributed by atoms with Crippen LogP contribution in [0.5, 0.6) is 0 Å². The van der Waals surface area contributed by atoms with E-state index in [1.54, 1.807) is 13.8 Å². The normalized spacial score (nSPS) is 3.00. The van der Waals surface area contributed by atoms with Crippen molar-refractivity contribution in [3.05, 3.63) is 25.2 Å². The molecule has 0 fully saturated rings. The Hall–Kier alpha value is -0.677. The average Bonchev–Trinajstić information content (AvgIpc) is 1.70. The third kappa shape index (κ3) is 1090. The SMILES string of the molecule is CC=[N-].CC=[N-].[CH2-]C#N.[CH3-].[Ru+4]. The molecule has 0 unspecified atom stereocenters. The van der Waals surface area contributed by atoms with Gasteiger partial charge in [-0.1, -0.05) is 13.8 Å². The molecule has 0 aliphatic rings. The fourth-order valence-corrected chi connectivity index (χ4v) is 0. The molecule has 0 N–H and O–H groups in total. The predicted octanol–water partition coefficient (Wildman–Crippen LogP) is 2.08. The van der Waals surface area contributed by atoms with E-state index in [2.05, 4.69) is 6.92 Å². The Morgan fingerprint density at radius 2 is 1.27 bits per heavy atom. The summed E-state index contributed by atoms with van der Waals surface area (Å²) in [7, 11) is 0. The molecule has 0 bridgehead atoms. The van der Waals surface area contributed by atoms with Gasteiger partial charge in [0.05, 0.1) is 0 Å². The van der Waals surface area contributed by atoms with Crippen molar-refractivity contribution in [3.8, 4) is 6.07 Å². The van der Waals surface area contributed by atoms with E-state index in [1.165, 1.54) is 6.07 Å². The quantitative estimate of drug-likeness (QED) is 0.363. The maximum Gasteiger partial charge on any atom is 4.00 e. The van der Waals surface area contributed by atoms with Gasteiger partial charge in [-0.15, -0.1) is 6.07 Å². The predicted molar refractivity (Wildman–Crippen MR) is 47.6 cm³/mol. The fourth-order valence-electron chi connectivity index (χ4n) is 0. The van der Waals surface area contributed by atoms with Crippen molar-refractivity contribution in [2.75, 3.05) is 0 Å². The fraction of sp³-hybridized carbons (Fsp3) is 0.286. The van der Waals surface area contributed by atoms with Gasteiger partial charge in [0.25, 0.3) is 0 Å². The molecule has 0 atom stereocenters. The minimum atomic E-state index is 0. The van der Waals surface area contributed by atoms with Crippen molar-refractivity contribution in [2.24, 2.45) is 0 Å². The van der Waals surface area contributed by atoms with Crippen LogP contribution < -0.4 is 0 Å². The van der Waals surface area contributed by atoms with Gasteiger partial charge in [0.2, 0.25) is 0 Å². The maximum atomic E-state index is 7.44. The summed E-state index contributed by atoms with van der Waals surface area (Å²) in [6.45, 7) is 5.90. The summed E-state index contributed by atoms with van der Waals surface area (Å²) in [6.07, 6.45) is 2.00. The number of hydrogen-bond acceptors (Lipinski definition) is 1. The maximum absolute atomic E-state index is 7.44. The van der Waals surface area contributed by atoms with Gasteiger partial charge >= 0.3 is 19.5 Å². The van der Waals surface area contributed by atoms with E-state index < -0.39 is 0 Å². The molecule has 11 heavy (non-hydrogen) atoms. The summed E-state index contributed by atoms with van der Waals surface area (Å²) >= 11 is 0. The van der Waals surface area contributed by atoms with Crippen molar-refractivity contribution in [1.29, 1.82) is 5.26 Å². The van der Waals surface area contributed by atoms with Crippen molar-refractivity contribution in [1.82, 2.24) is 0 Å². The number of hydrogen-bond donors (Lipinski definition) is 0. The second-order valence-corrected chi connectivity index (χ2v) is 0.675. The summed E-state index contributed by atoms with van der Waals surface area (Å²) < 4.78 is 0. The Balaban J connectivity index is -0.0000000150. The van der Waals surface area contributed by atoms with Crippen LogP contribution in [0.2, 0.25) is 0 Å². The molecule has 0 heterocycles. The van der Waals surface area contributed by atoms with Crippen molar-refractivity contribution in [2.45, 2.75) is 13.8 Å². The van der Waals surface area contributed by atoms with Gasteiger partial charge in [-0.3, -0.25) is 0 Å². The van der Waals surface area contributed by atoms with Crippen LogP contribution in [0.15, 0.2) is 0 Å². The van der Waals surface area contributed by atoms with Crippen LogP contribution in [0.25, 0.3) is 10.8 Å². The second kappa shape index (κ2) is 120. The van der Waals surface area contributed by atoms with Gasteiger partial charge in [-0.2, -0.15) is 0 Å². The van der Waals surface area contributed by atoms with Gasteiger partial charge < -0.3 is 25.2 Å². The smallest absolute Gasteiger partial charge is 0.814 e. The molecule has 0 rings (SSSR count). The third-order valence-corrected chi connectivity index (χ3v) is 0. The van der Waals surface area contributed by atoms with Crippen molar-refractivity contribution in [3.63, 3.8) is 0 Å². The van der Waals surface area contributed by atoms with E-state index >= 15 is 0 Å². The molecule has 4 heteroatoms. The molecule has 3 nitrogen and oxygen atoms in total. The van der Waals surface area contributed by atoms with E-state index in [9.17, 15) is 0 Å². The van der Waals surface area contributed by atoms with Crippen LogP contribution in [0.1, 0.15) is 13.8 Å². The van der Waals surface area contributed by atoms with Crippen molar-refractivity contribution >= 4 is 12.4 Å². The summed E-state index contributed by atoms with van der Waals surface area (Å²) in [5, 5.41) is 22.1. The summed E-state index contributed by atoms with van der Waals surface area (Å²) in [5.41, 5.74) is 0. The van der Waals surface area contributed by atoms with Gasteiger partial charge in [-0.05, 0) is 0 Å². The Morgan fingerprint density at radius 1 is 1.27 bits per heavy atom. The van der Waals surface area contributed by atoms with Gasteiger partial charge in [-0.25, -0.2) is 17.7 Å². The topological polar surface area (TPSA) is 68.4 Å². The molecule has 0 aliphatic heterocycles. The monoisotopic (exact) mass is 241 g/mol. The molecule has 0 saturated heterocycles. The third-order valence-electron chi connectivity index (χ3n) is 0. The Labute approximate surface area is 82.6 Å². The zero-order valence-electron chi connectivity index (χ0n) is 7.06. The van der Waals surface area contributed by atoms with E-state index in [-0.39, 0.29) is 26.9 Å². The van der Waals surface area contributed by atoms with Crippen LogP contribution >= 0.6 is 0 Å². The minimum Gasteiger partial charge on any atom is -0.814 e. The molecule has 0 aromatic carbocycles. The van der Waals surface area contributed by atoms with Gasteiger partial charge in [0, 0.05) is 0 Å². The van der Waals surface area contributed by atoms with E-state index in [0.29, 0.717) is 0 Å².